The lowest BCUT2D eigenvalue weighted by Crippen LogP contribution is -2.55. The summed E-state index contributed by atoms with van der Waals surface area (Å²) in [5.41, 5.74) is 19.6. The Labute approximate surface area is 805 Å². The molecule has 38 nitrogen and oxygen atoms in total. The number of methoxy groups -OCH3 is 2. The second kappa shape index (κ2) is 50.3. The van der Waals surface area contributed by atoms with Gasteiger partial charge in [0.15, 0.2) is 11.4 Å². The van der Waals surface area contributed by atoms with Gasteiger partial charge < -0.3 is 105 Å². The summed E-state index contributed by atoms with van der Waals surface area (Å²) >= 11 is 0. The summed E-state index contributed by atoms with van der Waals surface area (Å²) in [4.78, 5) is 153. The quantitative estimate of drug-likeness (QED) is 0.00738. The third-order valence-corrected chi connectivity index (χ3v) is 27.6. The first-order chi connectivity index (χ1) is 66.5. The maximum Gasteiger partial charge on any atom is 0.407 e. The summed E-state index contributed by atoms with van der Waals surface area (Å²) in [6.45, 7) is 19.5. The van der Waals surface area contributed by atoms with Gasteiger partial charge in [-0.15, -0.1) is 0 Å². The van der Waals surface area contributed by atoms with E-state index in [0.29, 0.717) is 207 Å². The standard InChI is InChI=1S/C100H137N19O19/c1-61-14-10-9-11-15-62(2)81(131-7)52-75-23-17-63(3)91(135-75)90(126)95(128)119-31-13-12-16-77(119)96(129)136-74(51-78(120)64(4)47-66(6)88(124)89(125)87(123)65(5)46-61)24-19-67-20-25-80(82(49-67)132-8)138-100(130)104-30-44-133-42-28-83(121)105-54-69-55-107-98(108-56-69)117-39-37-115(38-40-117)84(122)29-43-134-45-41-114-33-35-116(36-34-114)99-109-57-73(58-110-99)94(127)118-32-27-70-48-68(18-21-72(70)59-118)53-106-93-85(92(102)111-60-112-93)86(101)71-22-26-79-76(50-71)113-97(103)137-79/h9-11,14-15,18,21-22,26,47-48,50,55-58,60-61,63-65,67,74-75,77-78,80-82,88-89,91,101,120,124-125H,12-13,16-17,19-20,23-25,27-46,49,51-54,59H2,1-8H3,(H2,103,113)(H,104,130)(H,105,121)(H3,102,106,111,112)/b11-9?,14-10+,62-15?,66-47+,101-86?/t61-,63-,64-,65-,67-,74-,75?,77+,78-,80-,81+,82-,88-,89+,91?/m1/s1. The first kappa shape index (κ1) is 104. The molecule has 0 spiro atoms. The van der Waals surface area contributed by atoms with Gasteiger partial charge in [0.2, 0.25) is 29.5 Å². The molecule has 6 aliphatic heterocycles. The average Bonchev–Trinajstić information content (AvgIpc) is 1.59. The minimum atomic E-state index is -1.72. The largest absolute Gasteiger partial charge is 0.461 e. The summed E-state index contributed by atoms with van der Waals surface area (Å²) < 4.78 is 47.6. The second-order valence-electron chi connectivity index (χ2n) is 37.6. The number of aliphatic hydroxyl groups is 3. The van der Waals surface area contributed by atoms with Crippen LogP contribution in [-0.4, -0.2) is 303 Å². The van der Waals surface area contributed by atoms with E-state index in [9.17, 15) is 53.7 Å². The smallest absolute Gasteiger partial charge is 0.407 e. The number of alkyl carbamates (subject to hydrolysis) is 1. The summed E-state index contributed by atoms with van der Waals surface area (Å²) in [7, 11) is 3.17. The van der Waals surface area contributed by atoms with Crippen LogP contribution in [0, 0.1) is 35.0 Å². The number of nitrogens with two attached hydrogens (primary N) is 2. The van der Waals surface area contributed by atoms with Crippen LogP contribution in [0.5, 0.6) is 0 Å². The number of aliphatic hydroxyl groups excluding tert-OH is 3. The van der Waals surface area contributed by atoms with Crippen LogP contribution < -0.4 is 37.2 Å². The Morgan fingerprint density at radius 3 is 2.15 bits per heavy atom. The first-order valence-corrected chi connectivity index (χ1v) is 48.6. The molecule has 1 saturated carbocycles. The van der Waals surface area contributed by atoms with E-state index >= 15 is 0 Å². The summed E-state index contributed by atoms with van der Waals surface area (Å²) in [6.07, 6.45) is 17.3. The molecule has 2 unspecified atom stereocenters. The van der Waals surface area contributed by atoms with Crippen LogP contribution in [-0.2, 0) is 88.0 Å². The number of benzene rings is 2. The number of carbonyl (C=O) groups excluding carboxylic acids is 8. The lowest BCUT2D eigenvalue weighted by molar-refractivity contribution is -0.169. The van der Waals surface area contributed by atoms with E-state index in [1.165, 1.54) is 11.2 Å². The maximum absolute atomic E-state index is 14.6. The molecule has 38 heteroatoms. The van der Waals surface area contributed by atoms with Gasteiger partial charge in [-0.2, -0.15) is 4.98 Å². The lowest BCUT2D eigenvalue weighted by Gasteiger charge is -2.38. The van der Waals surface area contributed by atoms with Crippen LogP contribution in [0.2, 0.25) is 0 Å². The Bertz CT molecular complexity index is 5270. The number of carbonyl (C=O) groups is 8. The van der Waals surface area contributed by atoms with E-state index in [1.807, 2.05) is 78.0 Å². The zero-order valence-corrected chi connectivity index (χ0v) is 80.6. The number of fused-ring (bicyclic) bond motifs is 5. The molecule has 11 N–H and O–H groups in total. The Balaban J connectivity index is 0.476. The van der Waals surface area contributed by atoms with Gasteiger partial charge in [0.1, 0.15) is 60.0 Å². The molecule has 13 rings (SSSR count). The first-order valence-electron chi connectivity index (χ1n) is 48.6. The van der Waals surface area contributed by atoms with Crippen molar-refractivity contribution in [3.8, 4) is 0 Å². The number of aromatic nitrogens is 7. The number of ketones is 2. The van der Waals surface area contributed by atoms with E-state index in [2.05, 4.69) is 66.7 Å². The van der Waals surface area contributed by atoms with Crippen LogP contribution in [0.4, 0.5) is 34.3 Å². The van der Waals surface area contributed by atoms with Crippen molar-refractivity contribution in [3.63, 3.8) is 0 Å². The lowest BCUT2D eigenvalue weighted by atomic mass is 9.81. The maximum atomic E-state index is 14.6. The number of ether oxygens (including phenoxy) is 7. The summed E-state index contributed by atoms with van der Waals surface area (Å²) in [6, 6.07) is 10.3. The van der Waals surface area contributed by atoms with Crippen LogP contribution in [0.15, 0.2) is 120 Å². The van der Waals surface area contributed by atoms with Crippen molar-refractivity contribution in [3.05, 3.63) is 154 Å². The van der Waals surface area contributed by atoms with Gasteiger partial charge in [-0.1, -0.05) is 82.4 Å². The molecule has 0 radical (unpaired) electrons. The molecule has 1 aliphatic carbocycles. The molecule has 2 aromatic carbocycles. The van der Waals surface area contributed by atoms with E-state index in [0.717, 1.165) is 35.4 Å². The molecule has 5 amide bonds. The van der Waals surface area contributed by atoms with Crippen molar-refractivity contribution in [1.82, 2.24) is 65.1 Å². The molecule has 7 aliphatic rings. The minimum Gasteiger partial charge on any atom is -0.461 e. The normalized spacial score (nSPS) is 26.2. The van der Waals surface area contributed by atoms with Crippen LogP contribution in [0.25, 0.3) is 11.1 Å². The SMILES string of the molecule is CO[C@H]1CC2CC[C@@H](C)C(O2)C(=O)C(=O)N2CCCC[C@H]2C(=O)O[C@H](CC[C@@H]2CC[C@@H](OC(=O)NCCOCCC(=O)NCc3cnc(N4CCN(C(=O)CCOCCN5CCN(c6ncc(C(=O)N7CCc8cc(CNc9ncnc(N)c9C(=N)c9ccc%10oc(N)nc%10c9)ccc8C7)cn6)CC5)CC4)nc3)[C@H](OC)C2)C[C@@H](O)[C@H](C)/C=C(\C)[C@@H](O)[C@@H](O)C(=O)[C@H](C)C[C@H](C)/C=C/C=CC=C1C. The number of nitrogens with one attached hydrogen (secondary N) is 4. The number of anilines is 5. The van der Waals surface area contributed by atoms with Gasteiger partial charge in [-0.25, -0.2) is 39.5 Å². The topological polar surface area (TPSA) is 497 Å². The Kier molecular flexibility index (Phi) is 37.8. The zero-order valence-electron chi connectivity index (χ0n) is 80.6. The highest BCUT2D eigenvalue weighted by Crippen LogP contribution is 2.37. The van der Waals surface area contributed by atoms with E-state index < -0.39 is 90.1 Å². The van der Waals surface area contributed by atoms with Crippen molar-refractivity contribution in [2.24, 2.45) is 29.6 Å². The van der Waals surface area contributed by atoms with Gasteiger partial charge in [0, 0.05) is 179 Å². The predicted octanol–water partition coefficient (Wildman–Crippen LogP) is 7.99. The Hall–Kier alpha value is -11.6. The minimum absolute atomic E-state index is 0.0149. The number of piperazine rings is 2. The summed E-state index contributed by atoms with van der Waals surface area (Å²) in [5, 5.41) is 52.4. The molecule has 2 bridgehead atoms. The molecular weight excluding hydrogens is 1770 g/mol. The van der Waals surface area contributed by atoms with Crippen LogP contribution in [0.1, 0.15) is 182 Å². The fourth-order valence-corrected chi connectivity index (χ4v) is 19.2. The third kappa shape index (κ3) is 28.4. The van der Waals surface area contributed by atoms with Gasteiger partial charge in [0.05, 0.1) is 74.1 Å². The van der Waals surface area contributed by atoms with E-state index in [4.69, 9.17) is 54.5 Å². The van der Waals surface area contributed by atoms with Gasteiger partial charge in [-0.05, 0) is 155 Å². The second-order valence-corrected chi connectivity index (χ2v) is 37.6. The van der Waals surface area contributed by atoms with Gasteiger partial charge >= 0.3 is 12.1 Å². The molecule has 5 fully saturated rings. The predicted molar refractivity (Wildman–Crippen MR) is 515 cm³/mol. The van der Waals surface area contributed by atoms with Crippen LogP contribution >= 0.6 is 0 Å². The van der Waals surface area contributed by atoms with Crippen molar-refractivity contribution in [2.45, 2.75) is 225 Å². The number of Topliss-reactive ketones (excluding diaryl/α,β-unsaturated/α-hetero) is 2. The molecule has 4 aromatic heterocycles. The van der Waals surface area contributed by atoms with Crippen molar-refractivity contribution in [2.75, 3.05) is 146 Å². The molecule has 6 aromatic rings. The monoisotopic (exact) mass is 1910 g/mol. The number of nitrogens with zero attached hydrogens (tertiary/aromatic N) is 13. The Morgan fingerprint density at radius 2 is 1.40 bits per heavy atom. The summed E-state index contributed by atoms with van der Waals surface area (Å²) in [5.74, 6) is -2.95. The zero-order chi connectivity index (χ0) is 98.1. The van der Waals surface area contributed by atoms with Crippen molar-refractivity contribution < 1.29 is 91.3 Å². The van der Waals surface area contributed by atoms with Gasteiger partial charge in [0.25, 0.3) is 17.8 Å². The van der Waals surface area contributed by atoms with Crippen molar-refractivity contribution >= 4 is 93.6 Å². The number of allylic oxidation sites excluding steroid dienone is 5. The third-order valence-electron chi connectivity index (χ3n) is 27.6. The average molecular weight is 1910 g/mol. The molecule has 746 valence electrons. The number of nitrogen functional groups attached to an aromatic ring is 2. The molecule has 15 atom stereocenters. The highest BCUT2D eigenvalue weighted by molar-refractivity contribution is 6.38. The molecule has 4 saturated heterocycles. The number of piperidine rings is 1. The number of hydrogen-bond donors (Lipinski definition) is 9. The number of esters is 1. The number of hydrogen-bond acceptors (Lipinski definition) is 33. The fourth-order valence-electron chi connectivity index (χ4n) is 19.2. The van der Waals surface area contributed by atoms with Crippen molar-refractivity contribution in [1.29, 1.82) is 5.41 Å². The Morgan fingerprint density at radius 1 is 0.659 bits per heavy atom. The number of rotatable bonds is 28. The van der Waals surface area contributed by atoms with Crippen LogP contribution in [0.3, 0.4) is 0 Å². The number of oxazole rings is 1. The highest BCUT2D eigenvalue weighted by atomic mass is 16.6. The molecule has 10 heterocycles. The molecular formula is C100H137N19O19. The van der Waals surface area contributed by atoms with Gasteiger partial charge in [-0.3, -0.25) is 39.1 Å². The highest BCUT2D eigenvalue weighted by Gasteiger charge is 2.45. The number of cyclic esters (lactones) is 1. The van der Waals surface area contributed by atoms with E-state index in [1.54, 1.807) is 84.1 Å². The number of amides is 5. The molecule has 138 heavy (non-hydrogen) atoms. The fraction of sp³-hybridized carbons (Fsp3) is 0.580. The van der Waals surface area contributed by atoms with E-state index in [-0.39, 0.29) is 129 Å².